The van der Waals surface area contributed by atoms with Gasteiger partial charge >= 0.3 is 0 Å². The Kier molecular flexibility index (Phi) is 6.47. The molecule has 1 heterocycles. The van der Waals surface area contributed by atoms with Gasteiger partial charge < -0.3 is 19.1 Å². The van der Waals surface area contributed by atoms with Crippen LogP contribution in [-0.4, -0.2) is 50.0 Å². The maximum Gasteiger partial charge on any atom is 0.222 e. The summed E-state index contributed by atoms with van der Waals surface area (Å²) >= 11 is 0. The molecule has 28 heavy (non-hydrogen) atoms. The Bertz CT molecular complexity index is 837. The molecule has 1 aliphatic rings. The van der Waals surface area contributed by atoms with Gasteiger partial charge in [-0.05, 0) is 42.5 Å². The molecule has 0 radical (unpaired) electrons. The van der Waals surface area contributed by atoms with E-state index in [0.29, 0.717) is 42.6 Å². The molecule has 1 aliphatic heterocycles. The van der Waals surface area contributed by atoms with Crippen molar-refractivity contribution >= 4 is 11.7 Å². The Labute approximate surface area is 162 Å². The molecule has 0 saturated heterocycles. The normalized spacial score (nSPS) is 12.4. The van der Waals surface area contributed by atoms with E-state index in [1.807, 2.05) is 0 Å². The first-order valence-corrected chi connectivity index (χ1v) is 9.08. The largest absolute Gasteiger partial charge is 0.492 e. The van der Waals surface area contributed by atoms with Gasteiger partial charge in [0.25, 0.3) is 0 Å². The fourth-order valence-corrected chi connectivity index (χ4v) is 2.73. The molecule has 1 amide bonds. The van der Waals surface area contributed by atoms with Crippen LogP contribution in [0, 0.1) is 5.82 Å². The maximum absolute atomic E-state index is 12.8. The minimum Gasteiger partial charge on any atom is -0.492 e. The number of benzene rings is 2. The summed E-state index contributed by atoms with van der Waals surface area (Å²) in [6.45, 7) is 1.60. The second-order valence-electron chi connectivity index (χ2n) is 6.40. The Morgan fingerprint density at radius 2 is 1.75 bits per heavy atom. The van der Waals surface area contributed by atoms with Crippen molar-refractivity contribution in [3.8, 4) is 17.2 Å². The van der Waals surface area contributed by atoms with Crippen molar-refractivity contribution < 1.29 is 28.2 Å². The molecule has 6 nitrogen and oxygen atoms in total. The van der Waals surface area contributed by atoms with Crippen LogP contribution in [0.25, 0.3) is 0 Å². The van der Waals surface area contributed by atoms with Gasteiger partial charge in [0, 0.05) is 25.5 Å². The van der Waals surface area contributed by atoms with Crippen molar-refractivity contribution in [2.75, 3.05) is 33.4 Å². The monoisotopic (exact) mass is 387 g/mol. The number of amides is 1. The number of likely N-dealkylation sites (N-methyl/N-ethyl adjacent to an activating group) is 1. The van der Waals surface area contributed by atoms with Crippen LogP contribution in [0.2, 0.25) is 0 Å². The predicted octanol–water partition coefficient (Wildman–Crippen LogP) is 3.10. The summed E-state index contributed by atoms with van der Waals surface area (Å²) < 4.78 is 29.2. The van der Waals surface area contributed by atoms with Crippen molar-refractivity contribution in [1.29, 1.82) is 0 Å². The van der Waals surface area contributed by atoms with E-state index in [0.717, 1.165) is 0 Å². The number of carbonyl (C=O) groups is 2. The van der Waals surface area contributed by atoms with E-state index in [2.05, 4.69) is 0 Å². The number of hydrogen-bond acceptors (Lipinski definition) is 5. The average Bonchev–Trinajstić information content (AvgIpc) is 2.72. The summed E-state index contributed by atoms with van der Waals surface area (Å²) in [5, 5.41) is 0. The van der Waals surface area contributed by atoms with Gasteiger partial charge in [0.1, 0.15) is 31.4 Å². The standard InChI is InChI=1S/C21H22FNO5/c1-23(10-11-26-17-5-3-16(22)4-6-17)21(25)9-7-18(24)15-2-8-19-20(14-15)28-13-12-27-19/h2-6,8,14H,7,9-13H2,1H3. The van der Waals surface area contributed by atoms with Gasteiger partial charge in [-0.25, -0.2) is 4.39 Å². The molecule has 0 bridgehead atoms. The van der Waals surface area contributed by atoms with Gasteiger partial charge in [-0.1, -0.05) is 0 Å². The van der Waals surface area contributed by atoms with Crippen LogP contribution >= 0.6 is 0 Å². The molecule has 0 unspecified atom stereocenters. The molecule has 7 heteroatoms. The van der Waals surface area contributed by atoms with Crippen molar-refractivity contribution in [1.82, 2.24) is 4.90 Å². The van der Waals surface area contributed by atoms with E-state index in [-0.39, 0.29) is 37.0 Å². The first-order chi connectivity index (χ1) is 13.5. The number of ether oxygens (including phenoxy) is 3. The van der Waals surface area contributed by atoms with Crippen molar-refractivity contribution in [3.63, 3.8) is 0 Å². The number of rotatable bonds is 8. The van der Waals surface area contributed by atoms with Crippen molar-refractivity contribution in [2.24, 2.45) is 0 Å². The number of Topliss-reactive ketones (excluding diaryl/α,β-unsaturated/α-hetero) is 1. The Hall–Kier alpha value is -3.09. The summed E-state index contributed by atoms with van der Waals surface area (Å²) in [6, 6.07) is 10.7. The zero-order valence-electron chi connectivity index (χ0n) is 15.7. The maximum atomic E-state index is 12.8. The molecule has 0 N–H and O–H groups in total. The first-order valence-electron chi connectivity index (χ1n) is 9.08. The summed E-state index contributed by atoms with van der Waals surface area (Å²) in [6.07, 6.45) is 0.224. The topological polar surface area (TPSA) is 65.1 Å². The predicted molar refractivity (Wildman–Crippen MR) is 101 cm³/mol. The lowest BCUT2D eigenvalue weighted by atomic mass is 10.1. The van der Waals surface area contributed by atoms with E-state index in [1.165, 1.54) is 29.2 Å². The second-order valence-corrected chi connectivity index (χ2v) is 6.40. The Balaban J connectivity index is 1.42. The molecule has 0 spiro atoms. The highest BCUT2D eigenvalue weighted by atomic mass is 19.1. The highest BCUT2D eigenvalue weighted by Gasteiger charge is 2.17. The average molecular weight is 387 g/mol. The number of fused-ring (bicyclic) bond motifs is 1. The zero-order chi connectivity index (χ0) is 19.9. The first kappa shape index (κ1) is 19.7. The molecule has 2 aromatic carbocycles. The SMILES string of the molecule is CN(CCOc1ccc(F)cc1)C(=O)CCC(=O)c1ccc2c(c1)OCCO2. The van der Waals surface area contributed by atoms with E-state index < -0.39 is 0 Å². The van der Waals surface area contributed by atoms with Crippen LogP contribution in [0.1, 0.15) is 23.2 Å². The number of halogens is 1. The van der Waals surface area contributed by atoms with Crippen LogP contribution in [0.5, 0.6) is 17.2 Å². The molecular formula is C21H22FNO5. The summed E-state index contributed by atoms with van der Waals surface area (Å²) in [5.74, 6) is 1.12. The number of carbonyl (C=O) groups excluding carboxylic acids is 2. The van der Waals surface area contributed by atoms with Gasteiger partial charge in [-0.15, -0.1) is 0 Å². The summed E-state index contributed by atoms with van der Waals surface area (Å²) in [7, 11) is 1.66. The molecule has 0 saturated carbocycles. The lowest BCUT2D eigenvalue weighted by Crippen LogP contribution is -2.31. The quantitative estimate of drug-likeness (QED) is 0.652. The molecule has 2 aromatic rings. The van der Waals surface area contributed by atoms with Crippen LogP contribution in [0.4, 0.5) is 4.39 Å². The Morgan fingerprint density at radius 1 is 1.04 bits per heavy atom. The van der Waals surface area contributed by atoms with E-state index >= 15 is 0 Å². The minimum absolute atomic E-state index is 0.111. The molecule has 0 aliphatic carbocycles. The van der Waals surface area contributed by atoms with Crippen molar-refractivity contribution in [2.45, 2.75) is 12.8 Å². The molecule has 0 atom stereocenters. The number of ketones is 1. The Morgan fingerprint density at radius 3 is 2.50 bits per heavy atom. The van der Waals surface area contributed by atoms with Crippen LogP contribution < -0.4 is 14.2 Å². The van der Waals surface area contributed by atoms with Crippen LogP contribution in [-0.2, 0) is 4.79 Å². The molecule has 3 rings (SSSR count). The minimum atomic E-state index is -0.331. The molecule has 148 valence electrons. The lowest BCUT2D eigenvalue weighted by molar-refractivity contribution is -0.130. The third-order valence-electron chi connectivity index (χ3n) is 4.36. The fourth-order valence-electron chi connectivity index (χ4n) is 2.73. The highest BCUT2D eigenvalue weighted by molar-refractivity contribution is 5.98. The zero-order valence-corrected chi connectivity index (χ0v) is 15.7. The molecular weight excluding hydrogens is 365 g/mol. The third kappa shape index (κ3) is 5.22. The van der Waals surface area contributed by atoms with Crippen LogP contribution in [0.3, 0.4) is 0 Å². The van der Waals surface area contributed by atoms with Gasteiger partial charge in [-0.3, -0.25) is 9.59 Å². The van der Waals surface area contributed by atoms with Crippen LogP contribution in [0.15, 0.2) is 42.5 Å². The van der Waals surface area contributed by atoms with Crippen molar-refractivity contribution in [3.05, 3.63) is 53.8 Å². The van der Waals surface area contributed by atoms with Gasteiger partial charge in [0.2, 0.25) is 5.91 Å². The summed E-state index contributed by atoms with van der Waals surface area (Å²) in [5.41, 5.74) is 0.499. The van der Waals surface area contributed by atoms with E-state index in [4.69, 9.17) is 14.2 Å². The fraction of sp³-hybridized carbons (Fsp3) is 0.333. The second kappa shape index (κ2) is 9.21. The summed E-state index contributed by atoms with van der Waals surface area (Å²) in [4.78, 5) is 26.1. The highest BCUT2D eigenvalue weighted by Crippen LogP contribution is 2.31. The lowest BCUT2D eigenvalue weighted by Gasteiger charge is -2.19. The number of hydrogen-bond donors (Lipinski definition) is 0. The third-order valence-corrected chi connectivity index (χ3v) is 4.36. The molecule has 0 fully saturated rings. The van der Waals surface area contributed by atoms with Gasteiger partial charge in [-0.2, -0.15) is 0 Å². The molecule has 0 aromatic heterocycles. The van der Waals surface area contributed by atoms with E-state index in [9.17, 15) is 14.0 Å². The van der Waals surface area contributed by atoms with E-state index in [1.54, 1.807) is 25.2 Å². The van der Waals surface area contributed by atoms with Gasteiger partial charge in [0.15, 0.2) is 17.3 Å². The number of nitrogens with zero attached hydrogens (tertiary/aromatic N) is 1. The van der Waals surface area contributed by atoms with Gasteiger partial charge in [0.05, 0.1) is 6.54 Å². The smallest absolute Gasteiger partial charge is 0.222 e.